The van der Waals surface area contributed by atoms with Crippen LogP contribution in [-0.2, 0) is 19.0 Å². The van der Waals surface area contributed by atoms with Crippen molar-refractivity contribution in [2.75, 3.05) is 0 Å². The van der Waals surface area contributed by atoms with Crippen LogP contribution in [0.5, 0.6) is 0 Å². The van der Waals surface area contributed by atoms with Crippen LogP contribution in [-0.4, -0.2) is 31.3 Å². The fraction of sp³-hybridized carbons (Fsp3) is 0.250. The predicted molar refractivity (Wildman–Crippen MR) is 91.5 cm³/mol. The molecular formula is C16H13F3N6S. The normalized spacial score (nSPS) is 14.3. The SMILES string of the molecule is FC(F)(F)c1ccc(C=Nn2c(-c3n[nH]c4c3CCC4)n[nH]c2=S)cc1. The number of H-pyrrole nitrogens is 2. The Kier molecular flexibility index (Phi) is 3.98. The van der Waals surface area contributed by atoms with Crippen LogP contribution in [0.3, 0.4) is 0 Å². The van der Waals surface area contributed by atoms with Crippen molar-refractivity contribution in [3.63, 3.8) is 0 Å². The maximum absolute atomic E-state index is 12.6. The number of alkyl halides is 3. The van der Waals surface area contributed by atoms with E-state index in [1.54, 1.807) is 0 Å². The quantitative estimate of drug-likeness (QED) is 0.539. The maximum Gasteiger partial charge on any atom is 0.416 e. The van der Waals surface area contributed by atoms with E-state index in [1.165, 1.54) is 23.0 Å². The second-order valence-electron chi connectivity index (χ2n) is 5.91. The number of nitrogens with one attached hydrogen (secondary N) is 2. The summed E-state index contributed by atoms with van der Waals surface area (Å²) in [7, 11) is 0. The molecule has 134 valence electrons. The van der Waals surface area contributed by atoms with Crippen molar-refractivity contribution in [3.05, 3.63) is 51.4 Å². The monoisotopic (exact) mass is 378 g/mol. The lowest BCUT2D eigenvalue weighted by molar-refractivity contribution is -0.137. The van der Waals surface area contributed by atoms with Crippen molar-refractivity contribution in [2.24, 2.45) is 5.10 Å². The molecule has 4 rings (SSSR count). The van der Waals surface area contributed by atoms with Crippen molar-refractivity contribution in [3.8, 4) is 11.5 Å². The fourth-order valence-corrected chi connectivity index (χ4v) is 3.12. The van der Waals surface area contributed by atoms with Crippen molar-refractivity contribution in [1.82, 2.24) is 25.1 Å². The predicted octanol–water partition coefficient (Wildman–Crippen LogP) is 3.72. The zero-order valence-electron chi connectivity index (χ0n) is 13.3. The lowest BCUT2D eigenvalue weighted by atomic mass is 10.1. The van der Waals surface area contributed by atoms with Gasteiger partial charge < -0.3 is 0 Å². The molecule has 3 aromatic rings. The molecule has 0 aliphatic heterocycles. The van der Waals surface area contributed by atoms with Crippen LogP contribution in [0.15, 0.2) is 29.4 Å². The molecule has 26 heavy (non-hydrogen) atoms. The van der Waals surface area contributed by atoms with Gasteiger partial charge >= 0.3 is 6.18 Å². The minimum atomic E-state index is -4.36. The summed E-state index contributed by atoms with van der Waals surface area (Å²) in [6.07, 6.45) is -0.0273. The van der Waals surface area contributed by atoms with Gasteiger partial charge in [0.1, 0.15) is 5.69 Å². The number of hydrogen-bond donors (Lipinski definition) is 2. The van der Waals surface area contributed by atoms with Crippen LogP contribution >= 0.6 is 12.2 Å². The van der Waals surface area contributed by atoms with Crippen LogP contribution in [0.1, 0.15) is 28.8 Å². The lowest BCUT2D eigenvalue weighted by Crippen LogP contribution is -2.04. The molecule has 2 N–H and O–H groups in total. The highest BCUT2D eigenvalue weighted by Crippen LogP contribution is 2.30. The highest BCUT2D eigenvalue weighted by Gasteiger charge is 2.29. The zero-order chi connectivity index (χ0) is 18.3. The second kappa shape index (κ2) is 6.20. The van der Waals surface area contributed by atoms with E-state index in [9.17, 15) is 13.2 Å². The lowest BCUT2D eigenvalue weighted by Gasteiger charge is -2.05. The molecule has 0 unspecified atom stereocenters. The number of aryl methyl sites for hydroxylation is 1. The highest BCUT2D eigenvalue weighted by atomic mass is 32.1. The van der Waals surface area contributed by atoms with Crippen LogP contribution in [0.4, 0.5) is 13.2 Å². The Labute approximate surface area is 150 Å². The van der Waals surface area contributed by atoms with E-state index in [4.69, 9.17) is 12.2 Å². The first-order valence-corrected chi connectivity index (χ1v) is 8.30. The molecule has 0 saturated heterocycles. The molecule has 6 nitrogen and oxygen atoms in total. The summed E-state index contributed by atoms with van der Waals surface area (Å²) < 4.78 is 39.6. The number of aromatic amines is 2. The molecule has 0 atom stereocenters. The first-order valence-electron chi connectivity index (χ1n) is 7.89. The third-order valence-electron chi connectivity index (χ3n) is 4.23. The molecule has 1 aliphatic rings. The molecule has 2 heterocycles. The topological polar surface area (TPSA) is 74.7 Å². The number of halogens is 3. The van der Waals surface area contributed by atoms with Crippen LogP contribution in [0.2, 0.25) is 0 Å². The summed E-state index contributed by atoms with van der Waals surface area (Å²) in [4.78, 5) is 0. The van der Waals surface area contributed by atoms with Crippen LogP contribution in [0.25, 0.3) is 11.5 Å². The van der Waals surface area contributed by atoms with Gasteiger partial charge in [-0.25, -0.2) is 5.10 Å². The van der Waals surface area contributed by atoms with Gasteiger partial charge in [-0.05, 0) is 49.2 Å². The summed E-state index contributed by atoms with van der Waals surface area (Å²) in [6, 6.07) is 4.72. The second-order valence-corrected chi connectivity index (χ2v) is 6.30. The molecule has 1 aliphatic carbocycles. The van der Waals surface area contributed by atoms with Gasteiger partial charge in [-0.15, -0.1) is 0 Å². The maximum atomic E-state index is 12.6. The molecule has 0 spiro atoms. The number of nitrogens with zero attached hydrogens (tertiary/aromatic N) is 4. The summed E-state index contributed by atoms with van der Waals surface area (Å²) in [5, 5.41) is 18.5. The zero-order valence-corrected chi connectivity index (χ0v) is 14.2. The van der Waals surface area contributed by atoms with Gasteiger partial charge in [-0.1, -0.05) is 12.1 Å². The first-order chi connectivity index (χ1) is 12.4. The average Bonchev–Trinajstić information content (AvgIpc) is 3.28. The third-order valence-corrected chi connectivity index (χ3v) is 4.49. The van der Waals surface area contributed by atoms with Crippen LogP contribution in [0, 0.1) is 4.77 Å². The first kappa shape index (κ1) is 16.7. The molecule has 0 bridgehead atoms. The number of rotatable bonds is 3. The van der Waals surface area contributed by atoms with Gasteiger partial charge in [0.2, 0.25) is 10.6 Å². The van der Waals surface area contributed by atoms with E-state index < -0.39 is 11.7 Å². The molecule has 0 saturated carbocycles. The molecule has 10 heteroatoms. The third kappa shape index (κ3) is 2.96. The molecule has 2 aromatic heterocycles. The Morgan fingerprint density at radius 1 is 1.12 bits per heavy atom. The minimum Gasteiger partial charge on any atom is -0.282 e. The average molecular weight is 378 g/mol. The van der Waals surface area contributed by atoms with Gasteiger partial charge in [0.05, 0.1) is 11.8 Å². The van der Waals surface area contributed by atoms with E-state index in [2.05, 4.69) is 25.5 Å². The van der Waals surface area contributed by atoms with Gasteiger partial charge in [0.15, 0.2) is 0 Å². The Hall–Kier alpha value is -2.75. The summed E-state index contributed by atoms with van der Waals surface area (Å²) >= 11 is 5.20. The van der Waals surface area contributed by atoms with Gasteiger partial charge in [-0.2, -0.15) is 33.1 Å². The molecular weight excluding hydrogens is 365 g/mol. The van der Waals surface area contributed by atoms with E-state index in [1.807, 2.05) is 0 Å². The van der Waals surface area contributed by atoms with Crippen LogP contribution < -0.4 is 0 Å². The Bertz CT molecular complexity index is 1030. The minimum absolute atomic E-state index is 0.276. The summed E-state index contributed by atoms with van der Waals surface area (Å²) in [5.74, 6) is 0.470. The summed E-state index contributed by atoms with van der Waals surface area (Å²) in [6.45, 7) is 0. The van der Waals surface area contributed by atoms with E-state index in [0.29, 0.717) is 17.1 Å². The van der Waals surface area contributed by atoms with Crippen molar-refractivity contribution in [2.45, 2.75) is 25.4 Å². The largest absolute Gasteiger partial charge is 0.416 e. The highest BCUT2D eigenvalue weighted by molar-refractivity contribution is 7.71. The number of aromatic nitrogens is 5. The van der Waals surface area contributed by atoms with E-state index in [-0.39, 0.29) is 4.77 Å². The standard InChI is InChI=1S/C16H13F3N6S/c17-16(18,19)10-6-4-9(5-7-10)8-20-25-14(23-24-15(25)26)13-11-2-1-3-12(11)21-22-13/h4-8H,1-3H2,(H,21,22)(H,24,26). The Morgan fingerprint density at radius 3 is 2.62 bits per heavy atom. The number of benzene rings is 1. The molecule has 0 amide bonds. The van der Waals surface area contributed by atoms with Crippen molar-refractivity contribution >= 4 is 18.4 Å². The molecule has 0 radical (unpaired) electrons. The summed E-state index contributed by atoms with van der Waals surface area (Å²) in [5.41, 5.74) is 2.69. The number of fused-ring (bicyclic) bond motifs is 1. The fourth-order valence-electron chi connectivity index (χ4n) is 2.94. The van der Waals surface area contributed by atoms with E-state index >= 15 is 0 Å². The Morgan fingerprint density at radius 2 is 1.88 bits per heavy atom. The molecule has 1 aromatic carbocycles. The van der Waals surface area contributed by atoms with Crippen molar-refractivity contribution in [1.29, 1.82) is 0 Å². The van der Waals surface area contributed by atoms with E-state index in [0.717, 1.165) is 42.7 Å². The van der Waals surface area contributed by atoms with Crippen molar-refractivity contribution < 1.29 is 13.2 Å². The Balaban J connectivity index is 1.66. The van der Waals surface area contributed by atoms with Gasteiger partial charge in [-0.3, -0.25) is 5.10 Å². The number of hydrogen-bond acceptors (Lipinski definition) is 4. The van der Waals surface area contributed by atoms with Gasteiger partial charge in [0, 0.05) is 11.3 Å². The smallest absolute Gasteiger partial charge is 0.282 e. The van der Waals surface area contributed by atoms with Gasteiger partial charge in [0.25, 0.3) is 0 Å². The molecule has 0 fully saturated rings.